The van der Waals surface area contributed by atoms with Crippen molar-refractivity contribution < 1.29 is 4.79 Å². The van der Waals surface area contributed by atoms with Gasteiger partial charge in [0, 0.05) is 23.5 Å². The quantitative estimate of drug-likeness (QED) is 0.910. The first-order valence-corrected chi connectivity index (χ1v) is 8.83. The Hall–Kier alpha value is -0.910. The van der Waals surface area contributed by atoms with E-state index in [0.717, 1.165) is 32.2 Å². The molecule has 2 aliphatic heterocycles. The van der Waals surface area contributed by atoms with Crippen molar-refractivity contribution in [3.05, 3.63) is 22.4 Å². The molecule has 0 bridgehead atoms. The van der Waals surface area contributed by atoms with Crippen LogP contribution >= 0.6 is 11.3 Å². The summed E-state index contributed by atoms with van der Waals surface area (Å²) in [5, 5.41) is 5.75. The maximum Gasteiger partial charge on any atom is 0.244 e. The third-order valence-corrected chi connectivity index (χ3v) is 6.40. The van der Waals surface area contributed by atoms with Gasteiger partial charge in [-0.15, -0.1) is 11.3 Å². The van der Waals surface area contributed by atoms with Gasteiger partial charge in [-0.3, -0.25) is 10.1 Å². The highest BCUT2D eigenvalue weighted by molar-refractivity contribution is 7.10. The molecular weight excluding hydrogens is 282 g/mol. The van der Waals surface area contributed by atoms with Crippen LogP contribution in [0.3, 0.4) is 0 Å². The molecule has 2 saturated heterocycles. The van der Waals surface area contributed by atoms with Gasteiger partial charge in [0.25, 0.3) is 0 Å². The van der Waals surface area contributed by atoms with Crippen LogP contribution in [0, 0.1) is 0 Å². The average molecular weight is 305 g/mol. The van der Waals surface area contributed by atoms with Crippen molar-refractivity contribution in [1.29, 1.82) is 0 Å². The fourth-order valence-corrected chi connectivity index (χ4v) is 4.56. The molecule has 5 heteroatoms. The first kappa shape index (κ1) is 13.7. The van der Waals surface area contributed by atoms with Crippen LogP contribution in [0.25, 0.3) is 0 Å². The van der Waals surface area contributed by atoms with Gasteiger partial charge < -0.3 is 9.80 Å². The lowest BCUT2D eigenvalue weighted by atomic mass is 9.97. The molecule has 4 nitrogen and oxygen atoms in total. The number of likely N-dealkylation sites (tertiary alicyclic amines) is 1. The van der Waals surface area contributed by atoms with Crippen molar-refractivity contribution in [1.82, 2.24) is 15.1 Å². The number of carbonyl (C=O) groups excluding carboxylic acids is 1. The van der Waals surface area contributed by atoms with Crippen LogP contribution in [0.2, 0.25) is 0 Å². The van der Waals surface area contributed by atoms with E-state index in [1.807, 2.05) is 0 Å². The molecule has 3 fully saturated rings. The summed E-state index contributed by atoms with van der Waals surface area (Å²) >= 11 is 1.75. The first-order valence-electron chi connectivity index (χ1n) is 7.95. The highest BCUT2D eigenvalue weighted by Gasteiger charge is 2.60. The SMILES string of the molecule is CC1CC(N2C(=O)C3(CC3)NC2c2cccs2)CCN1C. The van der Waals surface area contributed by atoms with Gasteiger partial charge in [0.05, 0.1) is 0 Å². The molecule has 1 aromatic heterocycles. The summed E-state index contributed by atoms with van der Waals surface area (Å²) in [6, 6.07) is 5.17. The van der Waals surface area contributed by atoms with Gasteiger partial charge >= 0.3 is 0 Å². The normalized spacial score (nSPS) is 35.6. The van der Waals surface area contributed by atoms with Crippen LogP contribution in [0.4, 0.5) is 0 Å². The lowest BCUT2D eigenvalue weighted by Gasteiger charge is -2.41. The summed E-state index contributed by atoms with van der Waals surface area (Å²) in [7, 11) is 2.18. The molecule has 0 radical (unpaired) electrons. The van der Waals surface area contributed by atoms with Crippen molar-refractivity contribution in [2.24, 2.45) is 0 Å². The van der Waals surface area contributed by atoms with Crippen LogP contribution in [0.1, 0.15) is 43.6 Å². The number of amides is 1. The fourth-order valence-electron chi connectivity index (χ4n) is 3.79. The molecule has 21 heavy (non-hydrogen) atoms. The van der Waals surface area contributed by atoms with Crippen molar-refractivity contribution in [2.45, 2.75) is 56.4 Å². The smallest absolute Gasteiger partial charge is 0.244 e. The molecule has 3 heterocycles. The van der Waals surface area contributed by atoms with Crippen LogP contribution < -0.4 is 5.32 Å². The van der Waals surface area contributed by atoms with E-state index in [9.17, 15) is 4.79 Å². The molecule has 0 aromatic carbocycles. The molecule has 1 amide bonds. The minimum absolute atomic E-state index is 0.0978. The van der Waals surface area contributed by atoms with Crippen LogP contribution in [-0.2, 0) is 4.79 Å². The maximum atomic E-state index is 12.9. The second-order valence-corrected chi connectivity index (χ2v) is 7.84. The molecule has 1 saturated carbocycles. The Bertz CT molecular complexity index is 540. The number of piperidine rings is 1. The van der Waals surface area contributed by atoms with E-state index in [2.05, 4.69) is 46.6 Å². The van der Waals surface area contributed by atoms with Gasteiger partial charge in [-0.05, 0) is 51.1 Å². The number of hydrogen-bond acceptors (Lipinski definition) is 4. The van der Waals surface area contributed by atoms with E-state index in [0.29, 0.717) is 18.0 Å². The Morgan fingerprint density at radius 3 is 2.86 bits per heavy atom. The number of carbonyl (C=O) groups is 1. The van der Waals surface area contributed by atoms with E-state index < -0.39 is 0 Å². The van der Waals surface area contributed by atoms with Crippen LogP contribution in [0.15, 0.2) is 17.5 Å². The topological polar surface area (TPSA) is 35.6 Å². The zero-order chi connectivity index (χ0) is 14.6. The van der Waals surface area contributed by atoms with Crippen molar-refractivity contribution in [2.75, 3.05) is 13.6 Å². The van der Waals surface area contributed by atoms with Crippen molar-refractivity contribution in [3.63, 3.8) is 0 Å². The van der Waals surface area contributed by atoms with E-state index in [1.54, 1.807) is 11.3 Å². The van der Waals surface area contributed by atoms with E-state index in [1.165, 1.54) is 4.88 Å². The predicted octanol–water partition coefficient (Wildman–Crippen LogP) is 2.19. The average Bonchev–Trinajstić information content (AvgIpc) is 2.94. The molecule has 3 atom stereocenters. The number of nitrogens with zero attached hydrogens (tertiary/aromatic N) is 2. The summed E-state index contributed by atoms with van der Waals surface area (Å²) in [5.41, 5.74) is -0.221. The largest absolute Gasteiger partial charge is 0.317 e. The molecule has 114 valence electrons. The van der Waals surface area contributed by atoms with E-state index in [-0.39, 0.29) is 11.7 Å². The number of hydrogen-bond donors (Lipinski definition) is 1. The number of nitrogens with one attached hydrogen (secondary N) is 1. The van der Waals surface area contributed by atoms with Crippen LogP contribution in [-0.4, -0.2) is 46.9 Å². The Balaban J connectivity index is 1.62. The summed E-state index contributed by atoms with van der Waals surface area (Å²) in [4.78, 5) is 18.8. The lowest BCUT2D eigenvalue weighted by Crippen LogP contribution is -2.49. The number of thiophene rings is 1. The molecule has 3 aliphatic rings. The molecule has 1 N–H and O–H groups in total. The minimum atomic E-state index is -0.221. The lowest BCUT2D eigenvalue weighted by molar-refractivity contribution is -0.134. The first-order chi connectivity index (χ1) is 10.1. The fraction of sp³-hybridized carbons (Fsp3) is 0.688. The third-order valence-electron chi connectivity index (χ3n) is 5.47. The van der Waals surface area contributed by atoms with Gasteiger partial charge in [-0.1, -0.05) is 6.07 Å². The Kier molecular flexibility index (Phi) is 3.14. The highest BCUT2D eigenvalue weighted by atomic mass is 32.1. The molecule has 3 unspecified atom stereocenters. The third kappa shape index (κ3) is 2.14. The molecule has 1 aliphatic carbocycles. The maximum absolute atomic E-state index is 12.9. The van der Waals surface area contributed by atoms with E-state index >= 15 is 0 Å². The molecule has 1 aromatic rings. The Morgan fingerprint density at radius 2 is 2.24 bits per heavy atom. The van der Waals surface area contributed by atoms with Gasteiger partial charge in [-0.2, -0.15) is 0 Å². The minimum Gasteiger partial charge on any atom is -0.317 e. The summed E-state index contributed by atoms with van der Waals surface area (Å²) in [6.07, 6.45) is 4.29. The Labute approximate surface area is 130 Å². The summed E-state index contributed by atoms with van der Waals surface area (Å²) < 4.78 is 0. The molecule has 1 spiro atoms. The van der Waals surface area contributed by atoms with Gasteiger partial charge in [0.2, 0.25) is 5.91 Å². The standard InChI is InChI=1S/C16H23N3OS/c1-11-10-12(5-8-18(11)2)19-14(13-4-3-9-21-13)17-16(6-7-16)15(19)20/h3-4,9,11-12,14,17H,5-8,10H2,1-2H3. The Morgan fingerprint density at radius 1 is 1.43 bits per heavy atom. The monoisotopic (exact) mass is 305 g/mol. The zero-order valence-corrected chi connectivity index (χ0v) is 13.5. The predicted molar refractivity (Wildman–Crippen MR) is 84.1 cm³/mol. The molecule has 4 rings (SSSR count). The van der Waals surface area contributed by atoms with Crippen molar-refractivity contribution >= 4 is 17.2 Å². The van der Waals surface area contributed by atoms with Crippen LogP contribution in [0.5, 0.6) is 0 Å². The van der Waals surface area contributed by atoms with Crippen molar-refractivity contribution in [3.8, 4) is 0 Å². The van der Waals surface area contributed by atoms with Gasteiger partial charge in [0.1, 0.15) is 11.7 Å². The van der Waals surface area contributed by atoms with Gasteiger partial charge in [-0.25, -0.2) is 0 Å². The second-order valence-electron chi connectivity index (χ2n) is 6.86. The summed E-state index contributed by atoms with van der Waals surface area (Å²) in [5.74, 6) is 0.350. The summed E-state index contributed by atoms with van der Waals surface area (Å²) in [6.45, 7) is 3.35. The van der Waals surface area contributed by atoms with Gasteiger partial charge in [0.15, 0.2) is 0 Å². The van der Waals surface area contributed by atoms with E-state index in [4.69, 9.17) is 0 Å². The highest BCUT2D eigenvalue weighted by Crippen LogP contribution is 2.48. The second kappa shape index (κ2) is 4.80. The molecular formula is C16H23N3OS. The zero-order valence-electron chi connectivity index (χ0n) is 12.7. The number of rotatable bonds is 2.